The highest BCUT2D eigenvalue weighted by molar-refractivity contribution is 5.59. The highest BCUT2D eigenvalue weighted by atomic mass is 19.3. The molecule has 1 heterocycles. The molecule has 8 nitrogen and oxygen atoms in total. The van der Waals surface area contributed by atoms with Crippen LogP contribution in [-0.4, -0.2) is 69.6 Å². The molecule has 0 aliphatic rings. The number of aliphatic hydroxyl groups is 2. The van der Waals surface area contributed by atoms with E-state index in [9.17, 15) is 13.2 Å². The van der Waals surface area contributed by atoms with Gasteiger partial charge in [0.2, 0.25) is 0 Å². The summed E-state index contributed by atoms with van der Waals surface area (Å²) in [6, 6.07) is 8.20. The number of likely N-dealkylation sites (N-methyl/N-ethyl adjacent to an activating group) is 1. The predicted molar refractivity (Wildman–Crippen MR) is 160 cm³/mol. The van der Waals surface area contributed by atoms with Gasteiger partial charge in [-0.05, 0) is 90.5 Å². The van der Waals surface area contributed by atoms with Gasteiger partial charge in [0.05, 0.1) is 11.3 Å². The number of alkyl halides is 2. The first-order chi connectivity index (χ1) is 18.9. The largest absolute Gasteiger partial charge is 0.391 e. The van der Waals surface area contributed by atoms with Crippen LogP contribution in [0.3, 0.4) is 0 Å². The van der Waals surface area contributed by atoms with E-state index in [4.69, 9.17) is 20.4 Å². The molecular weight excluding hydrogens is 535 g/mol. The summed E-state index contributed by atoms with van der Waals surface area (Å²) >= 11 is 0. The Labute approximate surface area is 242 Å². The second kappa shape index (κ2) is 19.7. The number of aliphatic hydroxyl groups excluding tert-OH is 1. The maximum atomic E-state index is 13.3. The first kappa shape index (κ1) is 39.9. The summed E-state index contributed by atoms with van der Waals surface area (Å²) in [6.45, 7) is 18.1. The fourth-order valence-corrected chi connectivity index (χ4v) is 3.09. The van der Waals surface area contributed by atoms with Crippen molar-refractivity contribution in [3.05, 3.63) is 66.1 Å². The standard InChI is InChI=1S/C24H34FN5.C4H10O.CH2F2O.CH2O/c1-7-29(17-24(4,5)27-6)14-8-9-15-30-23(26)21(18(2)3)16-22(28-30)19-10-12-20(25)13-11-19;1-4(2,3)5;2-1(3)4;1-2/h7,9-13,15-16,18,26-27H,1,8,14,17H2,2-6H3;5H,1-3H3;1,4H;1H2/b15-9+,26-23?;;;. The Morgan fingerprint density at radius 3 is 2.05 bits per heavy atom. The third-order valence-electron chi connectivity index (χ3n) is 5.14. The summed E-state index contributed by atoms with van der Waals surface area (Å²) in [7, 11) is 1.96. The van der Waals surface area contributed by atoms with Gasteiger partial charge >= 0.3 is 6.61 Å². The SMILES string of the molecule is C=CN(CC/C=C/n1nc(-c2ccc(F)cc2)cc(C(C)C)c1=N)CC(C)(C)NC.C=O.CC(C)(C)O.OC(F)F. The molecule has 2 rings (SSSR count). The molecule has 0 bridgehead atoms. The molecule has 0 spiro atoms. The van der Waals surface area contributed by atoms with Crippen LogP contribution in [0.25, 0.3) is 17.5 Å². The lowest BCUT2D eigenvalue weighted by Crippen LogP contribution is -2.46. The van der Waals surface area contributed by atoms with E-state index < -0.39 is 12.2 Å². The Morgan fingerprint density at radius 1 is 1.15 bits per heavy atom. The van der Waals surface area contributed by atoms with Crippen LogP contribution in [0.4, 0.5) is 13.2 Å². The number of carbonyl (C=O) groups is 1. The molecule has 2 aromatic rings. The third kappa shape index (κ3) is 19.4. The van der Waals surface area contributed by atoms with Gasteiger partial charge in [-0.25, -0.2) is 9.07 Å². The van der Waals surface area contributed by atoms with Crippen LogP contribution in [0.5, 0.6) is 0 Å². The Balaban J connectivity index is 0. The van der Waals surface area contributed by atoms with E-state index in [-0.39, 0.29) is 17.3 Å². The lowest BCUT2D eigenvalue weighted by Gasteiger charge is -2.31. The second-order valence-electron chi connectivity index (χ2n) is 10.8. The zero-order valence-corrected chi connectivity index (χ0v) is 25.6. The molecule has 1 aromatic heterocycles. The van der Waals surface area contributed by atoms with E-state index in [0.29, 0.717) is 5.49 Å². The Morgan fingerprint density at radius 2 is 1.63 bits per heavy atom. The maximum absolute atomic E-state index is 13.3. The molecule has 0 unspecified atom stereocenters. The van der Waals surface area contributed by atoms with Crippen molar-refractivity contribution in [2.75, 3.05) is 20.1 Å². The minimum absolute atomic E-state index is 0.00177. The maximum Gasteiger partial charge on any atom is 0.342 e. The molecule has 11 heteroatoms. The molecule has 232 valence electrons. The first-order valence-corrected chi connectivity index (χ1v) is 13.0. The average Bonchev–Trinajstić information content (AvgIpc) is 2.87. The second-order valence-corrected chi connectivity index (χ2v) is 10.8. The Hall–Kier alpha value is -3.28. The smallest absolute Gasteiger partial charge is 0.342 e. The van der Waals surface area contributed by atoms with Gasteiger partial charge in [-0.1, -0.05) is 26.5 Å². The number of benzene rings is 1. The minimum Gasteiger partial charge on any atom is -0.391 e. The van der Waals surface area contributed by atoms with Crippen molar-refractivity contribution in [1.82, 2.24) is 20.0 Å². The fourth-order valence-electron chi connectivity index (χ4n) is 3.09. The van der Waals surface area contributed by atoms with E-state index >= 15 is 0 Å². The van der Waals surface area contributed by atoms with Gasteiger partial charge in [-0.2, -0.15) is 13.9 Å². The van der Waals surface area contributed by atoms with Crippen molar-refractivity contribution in [3.63, 3.8) is 0 Å². The van der Waals surface area contributed by atoms with Crippen molar-refractivity contribution in [1.29, 1.82) is 5.41 Å². The molecule has 0 aliphatic heterocycles. The molecule has 0 atom stereocenters. The predicted octanol–water partition coefficient (Wildman–Crippen LogP) is 5.39. The molecule has 0 amide bonds. The van der Waals surface area contributed by atoms with Crippen LogP contribution >= 0.6 is 0 Å². The molecule has 41 heavy (non-hydrogen) atoms. The Bertz CT molecular complexity index is 1090. The zero-order valence-electron chi connectivity index (χ0n) is 25.6. The highest BCUT2D eigenvalue weighted by Gasteiger charge is 2.17. The summed E-state index contributed by atoms with van der Waals surface area (Å²) in [5.41, 5.74) is 2.31. The van der Waals surface area contributed by atoms with Crippen LogP contribution in [0.15, 0.2) is 49.2 Å². The lowest BCUT2D eigenvalue weighted by atomic mass is 10.0. The number of halogens is 3. The summed E-state index contributed by atoms with van der Waals surface area (Å²) in [5.74, 6) is -0.0969. The molecule has 0 fully saturated rings. The normalized spacial score (nSPS) is 11.2. The summed E-state index contributed by atoms with van der Waals surface area (Å²) in [6.07, 6.45) is 6.52. The van der Waals surface area contributed by atoms with Crippen molar-refractivity contribution in [3.8, 4) is 11.3 Å². The van der Waals surface area contributed by atoms with Crippen molar-refractivity contribution in [2.45, 2.75) is 78.6 Å². The summed E-state index contributed by atoms with van der Waals surface area (Å²) in [5, 5.41) is 31.7. The van der Waals surface area contributed by atoms with Crippen molar-refractivity contribution in [2.24, 2.45) is 0 Å². The molecule has 4 N–H and O–H groups in total. The molecule has 1 aromatic carbocycles. The third-order valence-corrected chi connectivity index (χ3v) is 5.14. The number of nitrogens with one attached hydrogen (secondary N) is 2. The molecular formula is C30H48F3N5O3. The quantitative estimate of drug-likeness (QED) is 0.298. The van der Waals surface area contributed by atoms with Crippen LogP contribution < -0.4 is 10.8 Å². The monoisotopic (exact) mass is 583 g/mol. The number of aromatic nitrogens is 2. The molecule has 0 saturated carbocycles. The van der Waals surface area contributed by atoms with E-state index in [1.54, 1.807) is 37.6 Å². The number of hydrogen-bond donors (Lipinski definition) is 4. The number of hydrogen-bond acceptors (Lipinski definition) is 7. The van der Waals surface area contributed by atoms with Crippen LogP contribution in [-0.2, 0) is 4.79 Å². The number of rotatable bonds is 10. The van der Waals surface area contributed by atoms with Crippen molar-refractivity contribution >= 4 is 13.0 Å². The number of nitrogens with zero attached hydrogens (tertiary/aromatic N) is 3. The van der Waals surface area contributed by atoms with Gasteiger partial charge in [0, 0.05) is 36.0 Å². The average molecular weight is 584 g/mol. The highest BCUT2D eigenvalue weighted by Crippen LogP contribution is 2.20. The summed E-state index contributed by atoms with van der Waals surface area (Å²) in [4.78, 5) is 10.2. The van der Waals surface area contributed by atoms with Crippen LogP contribution in [0.1, 0.15) is 66.4 Å². The molecule has 0 saturated heterocycles. The fraction of sp³-hybridized carbons (Fsp3) is 0.500. The van der Waals surface area contributed by atoms with Gasteiger partial charge in [0.1, 0.15) is 18.1 Å². The first-order valence-electron chi connectivity index (χ1n) is 13.0. The van der Waals surface area contributed by atoms with E-state index in [0.717, 1.165) is 36.3 Å². The van der Waals surface area contributed by atoms with Gasteiger partial charge in [0.15, 0.2) is 0 Å². The zero-order chi connectivity index (χ0) is 32.4. The van der Waals surface area contributed by atoms with Gasteiger partial charge < -0.3 is 25.2 Å². The Kier molecular flexibility index (Phi) is 19.2. The lowest BCUT2D eigenvalue weighted by molar-refractivity contribution is -0.0980. The van der Waals surface area contributed by atoms with E-state index in [1.165, 1.54) is 12.1 Å². The molecule has 0 aliphatic carbocycles. The van der Waals surface area contributed by atoms with Gasteiger partial charge in [-0.15, -0.1) is 0 Å². The number of carbonyl (C=O) groups excluding carboxylic acids is 1. The van der Waals surface area contributed by atoms with Gasteiger partial charge in [-0.3, -0.25) is 5.41 Å². The summed E-state index contributed by atoms with van der Waals surface area (Å²) < 4.78 is 34.7. The van der Waals surface area contributed by atoms with Crippen LogP contribution in [0, 0.1) is 11.2 Å². The van der Waals surface area contributed by atoms with Crippen molar-refractivity contribution < 1.29 is 28.2 Å². The van der Waals surface area contributed by atoms with Gasteiger partial charge in [0.25, 0.3) is 0 Å². The molecule has 0 radical (unpaired) electrons. The van der Waals surface area contributed by atoms with E-state index in [1.807, 2.05) is 38.4 Å². The van der Waals surface area contributed by atoms with Crippen LogP contribution in [0.2, 0.25) is 0 Å². The topological polar surface area (TPSA) is 114 Å². The minimum atomic E-state index is -3.17. The van der Waals surface area contributed by atoms with E-state index in [2.05, 4.69) is 49.6 Å².